The Morgan fingerprint density at radius 2 is 2.08 bits per heavy atom. The SMILES string of the molecule is Cc1ccccc1C(=O)N1CCn2nnc(COc3cccnc3)c2C1. The van der Waals surface area contributed by atoms with Gasteiger partial charge in [-0.15, -0.1) is 5.10 Å². The Balaban J connectivity index is 1.50. The van der Waals surface area contributed by atoms with E-state index in [1.165, 1.54) is 0 Å². The van der Waals surface area contributed by atoms with Gasteiger partial charge in [0.25, 0.3) is 5.91 Å². The van der Waals surface area contributed by atoms with Crippen molar-refractivity contribution in [3.8, 4) is 5.75 Å². The predicted octanol–water partition coefficient (Wildman–Crippen LogP) is 2.22. The molecule has 7 nitrogen and oxygen atoms in total. The zero-order chi connectivity index (χ0) is 17.9. The van der Waals surface area contributed by atoms with Crippen molar-refractivity contribution in [2.45, 2.75) is 26.6 Å². The Morgan fingerprint density at radius 1 is 1.19 bits per heavy atom. The van der Waals surface area contributed by atoms with E-state index in [9.17, 15) is 4.79 Å². The van der Waals surface area contributed by atoms with E-state index in [-0.39, 0.29) is 5.91 Å². The molecule has 132 valence electrons. The molecular formula is C19H19N5O2. The number of carbonyl (C=O) groups is 1. The Kier molecular flexibility index (Phi) is 4.35. The van der Waals surface area contributed by atoms with Gasteiger partial charge in [0.15, 0.2) is 0 Å². The average molecular weight is 349 g/mol. The van der Waals surface area contributed by atoms with Gasteiger partial charge in [0, 0.05) is 18.3 Å². The molecule has 1 aliphatic rings. The van der Waals surface area contributed by atoms with Crippen LogP contribution in [0.2, 0.25) is 0 Å². The maximum atomic E-state index is 12.9. The zero-order valence-electron chi connectivity index (χ0n) is 14.5. The van der Waals surface area contributed by atoms with Crippen LogP contribution < -0.4 is 4.74 Å². The van der Waals surface area contributed by atoms with Crippen molar-refractivity contribution in [2.75, 3.05) is 6.54 Å². The first-order chi connectivity index (χ1) is 12.7. The Morgan fingerprint density at radius 3 is 2.88 bits per heavy atom. The lowest BCUT2D eigenvalue weighted by Crippen LogP contribution is -2.39. The van der Waals surface area contributed by atoms with E-state index in [0.717, 1.165) is 22.5 Å². The fraction of sp³-hybridized carbons (Fsp3) is 0.263. The summed E-state index contributed by atoms with van der Waals surface area (Å²) in [6.07, 6.45) is 3.35. The molecule has 0 unspecified atom stereocenters. The molecule has 0 N–H and O–H groups in total. The van der Waals surface area contributed by atoms with Crippen molar-refractivity contribution < 1.29 is 9.53 Å². The molecule has 0 atom stereocenters. The molecule has 7 heteroatoms. The second-order valence-electron chi connectivity index (χ2n) is 6.23. The molecule has 1 aromatic carbocycles. The Labute approximate surface area is 151 Å². The lowest BCUT2D eigenvalue weighted by Gasteiger charge is -2.28. The summed E-state index contributed by atoms with van der Waals surface area (Å²) in [5.74, 6) is 0.715. The summed E-state index contributed by atoms with van der Waals surface area (Å²) in [7, 11) is 0. The first-order valence-electron chi connectivity index (χ1n) is 8.51. The summed E-state index contributed by atoms with van der Waals surface area (Å²) >= 11 is 0. The second kappa shape index (κ2) is 6.95. The number of benzene rings is 1. The molecule has 0 radical (unpaired) electrons. The van der Waals surface area contributed by atoms with E-state index >= 15 is 0 Å². The molecule has 1 amide bonds. The highest BCUT2D eigenvalue weighted by atomic mass is 16.5. The minimum absolute atomic E-state index is 0.0367. The van der Waals surface area contributed by atoms with Gasteiger partial charge in [-0.25, -0.2) is 4.68 Å². The van der Waals surface area contributed by atoms with Gasteiger partial charge in [-0.2, -0.15) is 0 Å². The minimum atomic E-state index is 0.0367. The number of ether oxygens (including phenoxy) is 1. The number of hydrogen-bond donors (Lipinski definition) is 0. The first-order valence-corrected chi connectivity index (χ1v) is 8.51. The van der Waals surface area contributed by atoms with Gasteiger partial charge in [0.1, 0.15) is 18.1 Å². The van der Waals surface area contributed by atoms with Crippen molar-refractivity contribution in [3.05, 3.63) is 71.3 Å². The molecule has 26 heavy (non-hydrogen) atoms. The fourth-order valence-electron chi connectivity index (χ4n) is 3.05. The molecule has 0 spiro atoms. The summed E-state index contributed by atoms with van der Waals surface area (Å²) in [6.45, 7) is 3.98. The Hall–Kier alpha value is -3.22. The van der Waals surface area contributed by atoms with Gasteiger partial charge in [-0.1, -0.05) is 23.4 Å². The summed E-state index contributed by atoms with van der Waals surface area (Å²) in [5.41, 5.74) is 3.38. The zero-order valence-corrected chi connectivity index (χ0v) is 14.5. The molecular weight excluding hydrogens is 330 g/mol. The molecule has 3 heterocycles. The highest BCUT2D eigenvalue weighted by Crippen LogP contribution is 2.20. The van der Waals surface area contributed by atoms with Crippen LogP contribution in [0, 0.1) is 6.92 Å². The number of amides is 1. The van der Waals surface area contributed by atoms with Crippen molar-refractivity contribution in [3.63, 3.8) is 0 Å². The van der Waals surface area contributed by atoms with Crippen LogP contribution in [0.1, 0.15) is 27.3 Å². The summed E-state index contributed by atoms with van der Waals surface area (Å²) < 4.78 is 7.58. The molecule has 0 aliphatic carbocycles. The third-order valence-electron chi connectivity index (χ3n) is 4.51. The van der Waals surface area contributed by atoms with E-state index in [1.807, 2.05) is 52.9 Å². The van der Waals surface area contributed by atoms with Crippen molar-refractivity contribution >= 4 is 5.91 Å². The number of fused-ring (bicyclic) bond motifs is 1. The molecule has 2 aromatic heterocycles. The maximum absolute atomic E-state index is 12.9. The normalized spacial score (nSPS) is 13.3. The van der Waals surface area contributed by atoms with E-state index in [1.54, 1.807) is 12.4 Å². The third-order valence-corrected chi connectivity index (χ3v) is 4.51. The van der Waals surface area contributed by atoms with Gasteiger partial charge < -0.3 is 9.64 Å². The van der Waals surface area contributed by atoms with Crippen molar-refractivity contribution in [1.29, 1.82) is 0 Å². The maximum Gasteiger partial charge on any atom is 0.254 e. The van der Waals surface area contributed by atoms with Crippen LogP contribution in [-0.2, 0) is 19.7 Å². The van der Waals surface area contributed by atoms with Crippen molar-refractivity contribution in [1.82, 2.24) is 24.9 Å². The largest absolute Gasteiger partial charge is 0.486 e. The molecule has 4 rings (SSSR count). The fourth-order valence-corrected chi connectivity index (χ4v) is 3.05. The molecule has 0 fully saturated rings. The Bertz CT molecular complexity index is 923. The van der Waals surface area contributed by atoms with Gasteiger partial charge in [0.05, 0.1) is 25.0 Å². The van der Waals surface area contributed by atoms with Gasteiger partial charge in [0.2, 0.25) is 0 Å². The van der Waals surface area contributed by atoms with Crippen LogP contribution in [0.3, 0.4) is 0 Å². The monoisotopic (exact) mass is 349 g/mol. The predicted molar refractivity (Wildman–Crippen MR) is 94.5 cm³/mol. The number of pyridine rings is 1. The van der Waals surface area contributed by atoms with Crippen LogP contribution in [0.4, 0.5) is 0 Å². The van der Waals surface area contributed by atoms with E-state index in [2.05, 4.69) is 15.3 Å². The van der Waals surface area contributed by atoms with E-state index < -0.39 is 0 Å². The van der Waals surface area contributed by atoms with E-state index in [4.69, 9.17) is 4.74 Å². The summed E-state index contributed by atoms with van der Waals surface area (Å²) in [6, 6.07) is 11.3. The topological polar surface area (TPSA) is 73.1 Å². The van der Waals surface area contributed by atoms with Crippen LogP contribution in [-0.4, -0.2) is 37.3 Å². The van der Waals surface area contributed by atoms with Gasteiger partial charge >= 0.3 is 0 Å². The lowest BCUT2D eigenvalue weighted by molar-refractivity contribution is 0.0703. The highest BCUT2D eigenvalue weighted by Gasteiger charge is 2.26. The standard InChI is InChI=1S/C19H19N5O2/c1-14-5-2-3-7-16(14)19(25)23-9-10-24-18(12-23)17(21-22-24)13-26-15-6-4-8-20-11-15/h2-8,11H,9-10,12-13H2,1H3. The van der Waals surface area contributed by atoms with Crippen LogP contribution in [0.5, 0.6) is 5.75 Å². The molecule has 0 saturated heterocycles. The number of hydrogen-bond acceptors (Lipinski definition) is 5. The van der Waals surface area contributed by atoms with Crippen molar-refractivity contribution in [2.24, 2.45) is 0 Å². The highest BCUT2D eigenvalue weighted by molar-refractivity contribution is 5.95. The number of carbonyl (C=O) groups excluding carboxylic acids is 1. The third kappa shape index (κ3) is 3.15. The van der Waals surface area contributed by atoms with Crippen LogP contribution >= 0.6 is 0 Å². The lowest BCUT2D eigenvalue weighted by atomic mass is 10.1. The quantitative estimate of drug-likeness (QED) is 0.722. The number of nitrogens with zero attached hydrogens (tertiary/aromatic N) is 5. The number of rotatable bonds is 4. The summed E-state index contributed by atoms with van der Waals surface area (Å²) in [5, 5.41) is 8.41. The van der Waals surface area contributed by atoms with Gasteiger partial charge in [-0.3, -0.25) is 9.78 Å². The van der Waals surface area contributed by atoms with Gasteiger partial charge in [-0.05, 0) is 30.7 Å². The molecule has 0 saturated carbocycles. The number of aromatic nitrogens is 4. The first kappa shape index (κ1) is 16.3. The molecule has 0 bridgehead atoms. The van der Waals surface area contributed by atoms with E-state index in [0.29, 0.717) is 32.0 Å². The molecule has 1 aliphatic heterocycles. The molecule has 3 aromatic rings. The summed E-state index contributed by atoms with van der Waals surface area (Å²) in [4.78, 5) is 18.8. The minimum Gasteiger partial charge on any atom is -0.486 e. The average Bonchev–Trinajstić information content (AvgIpc) is 3.09. The smallest absolute Gasteiger partial charge is 0.254 e. The second-order valence-corrected chi connectivity index (χ2v) is 6.23. The number of aryl methyl sites for hydroxylation is 1. The van der Waals surface area contributed by atoms with Crippen LogP contribution in [0.25, 0.3) is 0 Å². The van der Waals surface area contributed by atoms with Crippen LogP contribution in [0.15, 0.2) is 48.8 Å².